The molecule has 4 aromatic rings. The van der Waals surface area contributed by atoms with Crippen molar-refractivity contribution >= 4 is 57.6 Å². The van der Waals surface area contributed by atoms with E-state index >= 15 is 0 Å². The number of ether oxygens (including phenoxy) is 1. The summed E-state index contributed by atoms with van der Waals surface area (Å²) in [5.74, 6) is -0.401. The number of aromatic amines is 1. The third-order valence-electron chi connectivity index (χ3n) is 7.18. The van der Waals surface area contributed by atoms with E-state index < -0.39 is 0 Å². The minimum Gasteiger partial charge on any atom is -0.376 e. The molecule has 2 aliphatic heterocycles. The Morgan fingerprint density at radius 2 is 1.89 bits per heavy atom. The van der Waals surface area contributed by atoms with E-state index in [4.69, 9.17) is 17.0 Å². The topological polar surface area (TPSA) is 99.1 Å². The predicted octanol–water partition coefficient (Wildman–Crippen LogP) is 3.44. The fourth-order valence-corrected chi connectivity index (χ4v) is 6.46. The van der Waals surface area contributed by atoms with Gasteiger partial charge in [0.15, 0.2) is 3.95 Å². The number of hydrogen-bond donors (Lipinski definition) is 2. The third kappa shape index (κ3) is 4.61. The molecule has 9 nitrogen and oxygen atoms in total. The highest BCUT2D eigenvalue weighted by atomic mass is 32.1. The van der Waals surface area contributed by atoms with Crippen molar-refractivity contribution in [1.82, 2.24) is 19.6 Å². The monoisotopic (exact) mass is 549 g/mol. The summed E-state index contributed by atoms with van der Waals surface area (Å²) in [4.78, 5) is 46.6. The first kappa shape index (κ1) is 24.8. The number of thiazole rings is 1. The van der Waals surface area contributed by atoms with Crippen LogP contribution in [-0.2, 0) is 4.74 Å². The van der Waals surface area contributed by atoms with E-state index in [-0.39, 0.29) is 23.5 Å². The number of para-hydroxylation sites is 1. The number of carbonyl (C=O) groups excluding carboxylic acids is 2. The van der Waals surface area contributed by atoms with Crippen LogP contribution in [0.15, 0.2) is 53.3 Å². The molecule has 2 fully saturated rings. The lowest BCUT2D eigenvalue weighted by atomic mass is 10.1. The molecule has 2 amide bonds. The van der Waals surface area contributed by atoms with Gasteiger partial charge in [0.05, 0.1) is 17.0 Å². The number of carbonyl (C=O) groups is 2. The second kappa shape index (κ2) is 10.3. The van der Waals surface area contributed by atoms with E-state index in [1.165, 1.54) is 0 Å². The minimum atomic E-state index is -0.337. The van der Waals surface area contributed by atoms with Crippen LogP contribution >= 0.6 is 23.6 Å². The summed E-state index contributed by atoms with van der Waals surface area (Å²) >= 11 is 6.74. The molecule has 0 unspecified atom stereocenters. The Bertz CT molecular complexity index is 1630. The van der Waals surface area contributed by atoms with Crippen molar-refractivity contribution in [2.45, 2.75) is 18.9 Å². The molecule has 2 saturated heterocycles. The molecule has 11 heteroatoms. The molecule has 0 bridgehead atoms. The maximum absolute atomic E-state index is 13.4. The van der Waals surface area contributed by atoms with Crippen molar-refractivity contribution in [3.63, 3.8) is 0 Å². The average molecular weight is 550 g/mol. The SMILES string of the molecule is O=C(NC[C@@H]1CCCO1)c1sc(=S)n2c1[nH]c(=O)c1ccc(C(=O)N3CCN(c4ccccc4)CC3)cc12. The fourth-order valence-electron chi connectivity index (χ4n) is 5.16. The zero-order valence-electron chi connectivity index (χ0n) is 20.6. The van der Waals surface area contributed by atoms with Gasteiger partial charge < -0.3 is 24.8 Å². The van der Waals surface area contributed by atoms with Crippen molar-refractivity contribution in [1.29, 1.82) is 0 Å². The molecule has 1 atom stereocenters. The van der Waals surface area contributed by atoms with Crippen LogP contribution in [0.4, 0.5) is 5.69 Å². The van der Waals surface area contributed by atoms with E-state index in [1.54, 1.807) is 22.6 Å². The summed E-state index contributed by atoms with van der Waals surface area (Å²) in [7, 11) is 0. The van der Waals surface area contributed by atoms with E-state index in [9.17, 15) is 14.4 Å². The quantitative estimate of drug-likeness (QED) is 0.370. The van der Waals surface area contributed by atoms with E-state index in [2.05, 4.69) is 27.3 Å². The molecule has 2 aromatic heterocycles. The van der Waals surface area contributed by atoms with Crippen LogP contribution in [0.1, 0.15) is 32.9 Å². The van der Waals surface area contributed by atoms with E-state index in [1.807, 2.05) is 23.1 Å². The van der Waals surface area contributed by atoms with Gasteiger partial charge in [0.2, 0.25) is 0 Å². The molecule has 38 heavy (non-hydrogen) atoms. The lowest BCUT2D eigenvalue weighted by molar-refractivity contribution is 0.0746. The summed E-state index contributed by atoms with van der Waals surface area (Å²) in [5.41, 5.74) is 2.14. The van der Waals surface area contributed by atoms with Crippen LogP contribution in [0.25, 0.3) is 16.6 Å². The van der Waals surface area contributed by atoms with Gasteiger partial charge in [-0.05, 0) is 55.4 Å². The number of amides is 2. The first-order valence-electron chi connectivity index (χ1n) is 12.7. The number of piperazine rings is 1. The molecule has 4 heterocycles. The van der Waals surface area contributed by atoms with Crippen LogP contribution < -0.4 is 15.8 Å². The zero-order valence-corrected chi connectivity index (χ0v) is 22.3. The van der Waals surface area contributed by atoms with Gasteiger partial charge in [0.1, 0.15) is 10.5 Å². The van der Waals surface area contributed by atoms with Crippen LogP contribution in [-0.4, -0.2) is 71.5 Å². The second-order valence-corrected chi connectivity index (χ2v) is 11.2. The maximum atomic E-state index is 13.4. The van der Waals surface area contributed by atoms with Crippen LogP contribution in [0.5, 0.6) is 0 Å². The van der Waals surface area contributed by atoms with Crippen molar-refractivity contribution in [3.8, 4) is 0 Å². The number of anilines is 1. The van der Waals surface area contributed by atoms with Gasteiger partial charge in [-0.25, -0.2) is 0 Å². The number of hydrogen-bond acceptors (Lipinski definition) is 7. The molecule has 2 N–H and O–H groups in total. The molecular formula is C27H27N5O4S2. The summed E-state index contributed by atoms with van der Waals surface area (Å²) in [5, 5.41) is 3.31. The van der Waals surface area contributed by atoms with Crippen molar-refractivity contribution in [2.75, 3.05) is 44.2 Å². The largest absolute Gasteiger partial charge is 0.376 e. The van der Waals surface area contributed by atoms with Crippen LogP contribution in [0, 0.1) is 3.95 Å². The summed E-state index contributed by atoms with van der Waals surface area (Å²) in [6.07, 6.45) is 1.90. The van der Waals surface area contributed by atoms with Gasteiger partial charge in [0, 0.05) is 50.6 Å². The second-order valence-electron chi connectivity index (χ2n) is 9.53. The van der Waals surface area contributed by atoms with Crippen LogP contribution in [0.3, 0.4) is 0 Å². The van der Waals surface area contributed by atoms with Gasteiger partial charge in [0.25, 0.3) is 17.4 Å². The van der Waals surface area contributed by atoms with Crippen molar-refractivity contribution in [3.05, 3.63) is 73.3 Å². The summed E-state index contributed by atoms with van der Waals surface area (Å²) in [6.45, 7) is 3.80. The van der Waals surface area contributed by atoms with E-state index in [0.29, 0.717) is 57.2 Å². The highest BCUT2D eigenvalue weighted by Gasteiger charge is 2.24. The molecule has 2 aliphatic rings. The van der Waals surface area contributed by atoms with Gasteiger partial charge in [-0.3, -0.25) is 18.8 Å². The third-order valence-corrected chi connectivity index (χ3v) is 8.55. The molecule has 196 valence electrons. The van der Waals surface area contributed by atoms with Gasteiger partial charge in [-0.1, -0.05) is 29.5 Å². The van der Waals surface area contributed by atoms with Crippen molar-refractivity contribution in [2.24, 2.45) is 0 Å². The minimum absolute atomic E-state index is 0.00353. The van der Waals surface area contributed by atoms with Gasteiger partial charge in [-0.15, -0.1) is 0 Å². The van der Waals surface area contributed by atoms with Crippen LogP contribution in [0.2, 0.25) is 0 Å². The normalized spacial score (nSPS) is 17.8. The molecule has 0 saturated carbocycles. The summed E-state index contributed by atoms with van der Waals surface area (Å²) < 4.78 is 7.69. The Labute approximate surface area is 227 Å². The number of H-pyrrole nitrogens is 1. The zero-order chi connectivity index (χ0) is 26.2. The molecule has 0 radical (unpaired) electrons. The average Bonchev–Trinajstić information content (AvgIpc) is 3.59. The number of fused-ring (bicyclic) bond motifs is 3. The molecule has 2 aromatic carbocycles. The lowest BCUT2D eigenvalue weighted by Gasteiger charge is -2.36. The van der Waals surface area contributed by atoms with E-state index in [0.717, 1.165) is 43.0 Å². The highest BCUT2D eigenvalue weighted by Crippen LogP contribution is 2.24. The Morgan fingerprint density at radius 1 is 1.11 bits per heavy atom. The number of nitrogens with one attached hydrogen (secondary N) is 2. The standard InChI is InChI=1S/C27H27N5O4S2/c33-24-20-9-8-17(26(35)31-12-10-30(11-13-31)18-5-2-1-3-6-18)15-21(20)32-23(29-24)22(38-27(32)37)25(34)28-16-19-7-4-14-36-19/h1-3,5-6,8-9,15,19H,4,7,10-14,16H2,(H,28,34)(H,29,33)/t19-/m0/s1. The Morgan fingerprint density at radius 3 is 2.63 bits per heavy atom. The number of nitrogens with zero attached hydrogens (tertiary/aromatic N) is 3. The predicted molar refractivity (Wildman–Crippen MR) is 150 cm³/mol. The molecular weight excluding hydrogens is 522 g/mol. The Balaban J connectivity index is 1.27. The maximum Gasteiger partial charge on any atom is 0.265 e. The smallest absolute Gasteiger partial charge is 0.265 e. The lowest BCUT2D eigenvalue weighted by Crippen LogP contribution is -2.48. The molecule has 0 aliphatic carbocycles. The fraction of sp³-hybridized carbons (Fsp3) is 0.333. The van der Waals surface area contributed by atoms with Gasteiger partial charge in [-0.2, -0.15) is 0 Å². The van der Waals surface area contributed by atoms with Gasteiger partial charge >= 0.3 is 0 Å². The van der Waals surface area contributed by atoms with Crippen molar-refractivity contribution < 1.29 is 14.3 Å². The number of benzene rings is 2. The highest BCUT2D eigenvalue weighted by molar-refractivity contribution is 7.73. The first-order chi connectivity index (χ1) is 18.5. The Kier molecular flexibility index (Phi) is 6.73. The summed E-state index contributed by atoms with van der Waals surface area (Å²) in [6, 6.07) is 15.2. The Hall–Kier alpha value is -3.54. The molecule has 0 spiro atoms. The first-order valence-corrected chi connectivity index (χ1v) is 13.9. The molecule has 6 rings (SSSR count). The number of rotatable bonds is 5. The number of aromatic nitrogens is 2.